The van der Waals surface area contributed by atoms with Crippen molar-refractivity contribution in [1.29, 1.82) is 0 Å². The lowest BCUT2D eigenvalue weighted by atomic mass is 10.0. The smallest absolute Gasteiger partial charge is 0.223 e. The van der Waals surface area contributed by atoms with Crippen LogP contribution in [0.5, 0.6) is 0 Å². The summed E-state index contributed by atoms with van der Waals surface area (Å²) in [5.74, 6) is 0.940. The summed E-state index contributed by atoms with van der Waals surface area (Å²) in [4.78, 5) is 22.7. The van der Waals surface area contributed by atoms with Gasteiger partial charge >= 0.3 is 0 Å². The fourth-order valence-electron chi connectivity index (χ4n) is 3.22. The van der Waals surface area contributed by atoms with Crippen LogP contribution in [0.2, 0.25) is 0 Å². The zero-order valence-electron chi connectivity index (χ0n) is 12.8. The average molecular weight is 314 g/mol. The van der Waals surface area contributed by atoms with Crippen LogP contribution in [0.15, 0.2) is 24.5 Å². The van der Waals surface area contributed by atoms with Crippen molar-refractivity contribution in [2.45, 2.75) is 31.7 Å². The second-order valence-corrected chi connectivity index (χ2v) is 6.43. The molecule has 2 aliphatic rings. The number of nitrogens with one attached hydrogen (secondary N) is 1. The van der Waals surface area contributed by atoms with Crippen LogP contribution in [0.25, 0.3) is 10.9 Å². The molecular formula is C17H19FN4O. The van der Waals surface area contributed by atoms with Crippen LogP contribution in [0, 0.1) is 11.7 Å². The normalized spacial score (nSPS) is 21.4. The monoisotopic (exact) mass is 314 g/mol. The zero-order valence-corrected chi connectivity index (χ0v) is 12.8. The van der Waals surface area contributed by atoms with Gasteiger partial charge in [-0.15, -0.1) is 0 Å². The standard InChI is InChI=1S/C17H19FN4O/c18-12-5-6-14-15(8-12)19-10-20-16(14)22-7-1-2-13(9-22)21-17(23)11-3-4-11/h5-6,8,10-11,13H,1-4,7,9H2,(H,21,23). The number of aromatic nitrogens is 2. The van der Waals surface area contributed by atoms with Gasteiger partial charge in [-0.3, -0.25) is 4.79 Å². The maximum atomic E-state index is 13.4. The summed E-state index contributed by atoms with van der Waals surface area (Å²) in [6.45, 7) is 1.63. The van der Waals surface area contributed by atoms with E-state index in [1.807, 2.05) is 0 Å². The van der Waals surface area contributed by atoms with E-state index in [1.165, 1.54) is 18.5 Å². The molecule has 1 N–H and O–H groups in total. The lowest BCUT2D eigenvalue weighted by molar-refractivity contribution is -0.123. The van der Waals surface area contributed by atoms with Gasteiger partial charge in [0.15, 0.2) is 0 Å². The Morgan fingerprint density at radius 2 is 2.13 bits per heavy atom. The number of fused-ring (bicyclic) bond motifs is 1. The second-order valence-electron chi connectivity index (χ2n) is 6.43. The largest absolute Gasteiger partial charge is 0.354 e. The highest BCUT2D eigenvalue weighted by Crippen LogP contribution is 2.30. The van der Waals surface area contributed by atoms with E-state index in [2.05, 4.69) is 20.2 Å². The molecule has 1 saturated carbocycles. The van der Waals surface area contributed by atoms with Crippen LogP contribution < -0.4 is 10.2 Å². The molecule has 0 spiro atoms. The van der Waals surface area contributed by atoms with Crippen molar-refractivity contribution < 1.29 is 9.18 Å². The van der Waals surface area contributed by atoms with E-state index in [4.69, 9.17) is 0 Å². The number of hydrogen-bond acceptors (Lipinski definition) is 4. The maximum absolute atomic E-state index is 13.4. The minimum atomic E-state index is -0.296. The molecule has 2 aromatic rings. The van der Waals surface area contributed by atoms with Gasteiger partial charge in [-0.2, -0.15) is 0 Å². The Morgan fingerprint density at radius 1 is 1.26 bits per heavy atom. The Hall–Kier alpha value is -2.24. The van der Waals surface area contributed by atoms with Crippen molar-refractivity contribution in [3.63, 3.8) is 0 Å². The van der Waals surface area contributed by atoms with Crippen molar-refractivity contribution in [2.24, 2.45) is 5.92 Å². The summed E-state index contributed by atoms with van der Waals surface area (Å²) in [5.41, 5.74) is 0.610. The molecule has 1 aromatic heterocycles. The van der Waals surface area contributed by atoms with Gasteiger partial charge < -0.3 is 10.2 Å². The Bertz CT molecular complexity index is 746. The SMILES string of the molecule is O=C(NC1CCCN(c2ncnc3cc(F)ccc23)C1)C1CC1. The summed E-state index contributed by atoms with van der Waals surface area (Å²) in [6, 6.07) is 4.75. The number of hydrogen-bond donors (Lipinski definition) is 1. The lowest BCUT2D eigenvalue weighted by Gasteiger charge is -2.34. The quantitative estimate of drug-likeness (QED) is 0.944. The maximum Gasteiger partial charge on any atom is 0.223 e. The molecule has 2 heterocycles. The number of nitrogens with zero attached hydrogens (tertiary/aromatic N) is 3. The van der Waals surface area contributed by atoms with Gasteiger partial charge in [0, 0.05) is 36.5 Å². The van der Waals surface area contributed by atoms with E-state index in [1.54, 1.807) is 6.07 Å². The van der Waals surface area contributed by atoms with Crippen molar-refractivity contribution in [1.82, 2.24) is 15.3 Å². The van der Waals surface area contributed by atoms with Crippen LogP contribution in [0.1, 0.15) is 25.7 Å². The third-order valence-corrected chi connectivity index (χ3v) is 4.59. The molecule has 0 radical (unpaired) electrons. The Kier molecular flexibility index (Phi) is 3.59. The van der Waals surface area contributed by atoms with Crippen molar-refractivity contribution in [2.75, 3.05) is 18.0 Å². The molecule has 1 saturated heterocycles. The third-order valence-electron chi connectivity index (χ3n) is 4.59. The van der Waals surface area contributed by atoms with Crippen molar-refractivity contribution in [3.05, 3.63) is 30.3 Å². The van der Waals surface area contributed by atoms with E-state index in [9.17, 15) is 9.18 Å². The average Bonchev–Trinajstić information content (AvgIpc) is 3.39. The van der Waals surface area contributed by atoms with Gasteiger partial charge in [-0.1, -0.05) is 0 Å². The van der Waals surface area contributed by atoms with Gasteiger partial charge in [-0.25, -0.2) is 14.4 Å². The molecule has 5 nitrogen and oxygen atoms in total. The van der Waals surface area contributed by atoms with Crippen molar-refractivity contribution in [3.8, 4) is 0 Å². The van der Waals surface area contributed by atoms with E-state index in [0.29, 0.717) is 5.52 Å². The first-order valence-electron chi connectivity index (χ1n) is 8.16. The summed E-state index contributed by atoms with van der Waals surface area (Å²) >= 11 is 0. The lowest BCUT2D eigenvalue weighted by Crippen LogP contribution is -2.48. The molecular weight excluding hydrogens is 295 g/mol. The Morgan fingerprint density at radius 3 is 2.96 bits per heavy atom. The van der Waals surface area contributed by atoms with E-state index in [0.717, 1.165) is 50.0 Å². The van der Waals surface area contributed by atoms with Gasteiger partial charge in [0.25, 0.3) is 0 Å². The first-order chi connectivity index (χ1) is 11.2. The molecule has 1 atom stereocenters. The number of rotatable bonds is 3. The minimum absolute atomic E-state index is 0.155. The Labute approximate surface area is 133 Å². The number of carbonyl (C=O) groups excluding carboxylic acids is 1. The summed E-state index contributed by atoms with van der Waals surface area (Å²) in [7, 11) is 0. The first kappa shape index (κ1) is 14.4. The van der Waals surface area contributed by atoms with Gasteiger partial charge in [0.2, 0.25) is 5.91 Å². The van der Waals surface area contributed by atoms with Crippen molar-refractivity contribution >= 4 is 22.6 Å². The number of carbonyl (C=O) groups is 1. The molecule has 4 rings (SSSR count). The van der Waals surface area contributed by atoms with Gasteiger partial charge in [-0.05, 0) is 37.8 Å². The van der Waals surface area contributed by atoms with Crippen LogP contribution >= 0.6 is 0 Å². The predicted molar refractivity (Wildman–Crippen MR) is 85.6 cm³/mol. The molecule has 23 heavy (non-hydrogen) atoms. The highest BCUT2D eigenvalue weighted by atomic mass is 19.1. The van der Waals surface area contributed by atoms with Crippen LogP contribution in [0.4, 0.5) is 10.2 Å². The number of piperidine rings is 1. The summed E-state index contributed by atoms with van der Waals surface area (Å²) < 4.78 is 13.4. The Balaban J connectivity index is 1.56. The van der Waals surface area contributed by atoms with E-state index < -0.39 is 0 Å². The summed E-state index contributed by atoms with van der Waals surface area (Å²) in [6.07, 6.45) is 5.51. The number of amides is 1. The number of anilines is 1. The fourth-order valence-corrected chi connectivity index (χ4v) is 3.22. The van der Waals surface area contributed by atoms with Crippen LogP contribution in [-0.4, -0.2) is 35.0 Å². The number of halogens is 1. The van der Waals surface area contributed by atoms with E-state index in [-0.39, 0.29) is 23.7 Å². The fraction of sp³-hybridized carbons (Fsp3) is 0.471. The molecule has 1 unspecified atom stereocenters. The molecule has 1 aliphatic carbocycles. The first-order valence-corrected chi connectivity index (χ1v) is 8.16. The molecule has 120 valence electrons. The molecule has 1 aliphatic heterocycles. The van der Waals surface area contributed by atoms with E-state index >= 15 is 0 Å². The van der Waals surface area contributed by atoms with Crippen LogP contribution in [0.3, 0.4) is 0 Å². The van der Waals surface area contributed by atoms with Gasteiger partial charge in [0.1, 0.15) is 18.0 Å². The minimum Gasteiger partial charge on any atom is -0.354 e. The zero-order chi connectivity index (χ0) is 15.8. The molecule has 2 fully saturated rings. The molecule has 1 aromatic carbocycles. The third kappa shape index (κ3) is 2.98. The summed E-state index contributed by atoms with van der Waals surface area (Å²) in [5, 5.41) is 4.00. The second kappa shape index (κ2) is 5.76. The topological polar surface area (TPSA) is 58.1 Å². The number of benzene rings is 1. The highest BCUT2D eigenvalue weighted by molar-refractivity contribution is 5.89. The molecule has 1 amide bonds. The molecule has 6 heteroatoms. The van der Waals surface area contributed by atoms with Gasteiger partial charge in [0.05, 0.1) is 5.52 Å². The van der Waals surface area contributed by atoms with Crippen LogP contribution in [-0.2, 0) is 4.79 Å². The molecule has 0 bridgehead atoms. The predicted octanol–water partition coefficient (Wildman–Crippen LogP) is 2.26. The highest BCUT2D eigenvalue weighted by Gasteiger charge is 2.32.